The second-order valence-corrected chi connectivity index (χ2v) is 7.50. The zero-order valence-corrected chi connectivity index (χ0v) is 17.1. The van der Waals surface area contributed by atoms with Crippen LogP contribution in [0.3, 0.4) is 0 Å². The van der Waals surface area contributed by atoms with Crippen LogP contribution in [0.5, 0.6) is 0 Å². The van der Waals surface area contributed by atoms with Crippen molar-refractivity contribution in [2.75, 3.05) is 61.6 Å². The number of hydrogen-bond acceptors (Lipinski definition) is 11. The van der Waals surface area contributed by atoms with Crippen molar-refractivity contribution in [3.05, 3.63) is 0 Å². The van der Waals surface area contributed by atoms with Crippen molar-refractivity contribution in [2.24, 2.45) is 22.9 Å². The highest BCUT2D eigenvalue weighted by Gasteiger charge is 2.28. The van der Waals surface area contributed by atoms with Gasteiger partial charge in [-0.3, -0.25) is 0 Å². The van der Waals surface area contributed by atoms with E-state index < -0.39 is 0 Å². The lowest BCUT2D eigenvalue weighted by Crippen LogP contribution is -2.54. The molecule has 11 nitrogen and oxygen atoms in total. The Kier molecular flexibility index (Phi) is 8.40. The molecule has 12 heteroatoms. The highest BCUT2D eigenvalue weighted by Crippen LogP contribution is 2.22. The van der Waals surface area contributed by atoms with Crippen LogP contribution in [0, 0.1) is 0 Å². The largest absolute Gasteiger partial charge is 0.383 e. The van der Waals surface area contributed by atoms with E-state index in [1.807, 2.05) is 9.80 Å². The maximum absolute atomic E-state index is 6.14. The van der Waals surface area contributed by atoms with Crippen LogP contribution in [0.4, 0.5) is 17.8 Å². The lowest BCUT2D eigenvalue weighted by Gasteiger charge is -2.37. The van der Waals surface area contributed by atoms with E-state index in [0.29, 0.717) is 57.2 Å². The van der Waals surface area contributed by atoms with E-state index in [1.54, 1.807) is 7.11 Å². The Morgan fingerprint density at radius 3 is 1.68 bits per heavy atom. The maximum Gasteiger partial charge on any atom is 0.232 e. The maximum atomic E-state index is 6.14. The molecule has 1 aromatic rings. The quantitative estimate of drug-likeness (QED) is 0.327. The Labute approximate surface area is 172 Å². The van der Waals surface area contributed by atoms with Crippen molar-refractivity contribution in [2.45, 2.75) is 37.0 Å². The first-order chi connectivity index (χ1) is 12.9. The molecule has 0 unspecified atom stereocenters. The second-order valence-electron chi connectivity index (χ2n) is 7.50. The van der Waals surface area contributed by atoms with Gasteiger partial charge in [0.1, 0.15) is 0 Å². The monoisotopic (exact) mass is 416 g/mol. The van der Waals surface area contributed by atoms with Crippen molar-refractivity contribution in [3.8, 4) is 0 Å². The number of aromatic nitrogens is 3. The van der Waals surface area contributed by atoms with E-state index in [1.165, 1.54) is 0 Å². The second kappa shape index (κ2) is 10.3. The van der Waals surface area contributed by atoms with E-state index in [0.717, 1.165) is 12.8 Å². The molecule has 160 valence electrons. The molecule has 0 bridgehead atoms. The first kappa shape index (κ1) is 22.8. The molecule has 3 heterocycles. The summed E-state index contributed by atoms with van der Waals surface area (Å²) in [6, 6.07) is -0.0159. The number of nitrogens with two attached hydrogens (primary N) is 4. The van der Waals surface area contributed by atoms with E-state index in [-0.39, 0.29) is 36.6 Å². The molecule has 0 aromatic carbocycles. The van der Waals surface area contributed by atoms with Gasteiger partial charge in [-0.15, -0.1) is 12.4 Å². The first-order valence-corrected chi connectivity index (χ1v) is 9.45. The number of methoxy groups -OCH3 is 1. The highest BCUT2D eigenvalue weighted by atomic mass is 35.5. The molecule has 3 rings (SSSR count). The predicted octanol–water partition coefficient (Wildman–Crippen LogP) is -1.92. The summed E-state index contributed by atoms with van der Waals surface area (Å²) in [4.78, 5) is 17.9. The fourth-order valence-electron chi connectivity index (χ4n) is 3.66. The topological polar surface area (TPSA) is 170 Å². The van der Waals surface area contributed by atoms with Gasteiger partial charge in [-0.1, -0.05) is 0 Å². The molecular formula is C16H33ClN10O. The lowest BCUT2D eigenvalue weighted by molar-refractivity contribution is 0.210. The molecule has 0 saturated carbocycles. The molecule has 1 aromatic heterocycles. The number of nitrogens with one attached hydrogen (secondary N) is 1. The van der Waals surface area contributed by atoms with Crippen LogP contribution in [0.2, 0.25) is 0 Å². The zero-order chi connectivity index (χ0) is 19.4. The molecule has 4 atom stereocenters. The molecule has 0 spiro atoms. The molecule has 2 fully saturated rings. The number of ether oxygens (including phenoxy) is 1. The molecule has 0 amide bonds. The number of piperidine rings is 2. The number of halogens is 1. The van der Waals surface area contributed by atoms with Crippen molar-refractivity contribution in [3.63, 3.8) is 0 Å². The standard InChI is InChI=1S/C16H32N10O.ClH/c1-27-3-2-21-14-22-15(25-6-10(17)4-11(18)7-25)24-16(23-14)26-8-12(19)5-13(20)9-26;/h10-13H,2-9,17-20H2,1H3,(H,21,22,23,24);1H/t10-,11+,12-,13+;. The first-order valence-electron chi connectivity index (χ1n) is 9.45. The van der Waals surface area contributed by atoms with Gasteiger partial charge < -0.3 is 42.8 Å². The third kappa shape index (κ3) is 6.00. The van der Waals surface area contributed by atoms with Crippen LogP contribution in [-0.4, -0.2) is 85.6 Å². The van der Waals surface area contributed by atoms with Gasteiger partial charge in [0.25, 0.3) is 0 Å². The summed E-state index contributed by atoms with van der Waals surface area (Å²) < 4.78 is 5.09. The summed E-state index contributed by atoms with van der Waals surface area (Å²) in [7, 11) is 1.65. The number of anilines is 3. The van der Waals surface area contributed by atoms with Crippen molar-refractivity contribution >= 4 is 30.3 Å². The summed E-state index contributed by atoms with van der Waals surface area (Å²) in [5, 5.41) is 3.18. The van der Waals surface area contributed by atoms with Crippen LogP contribution in [0.1, 0.15) is 12.8 Å². The van der Waals surface area contributed by atoms with Gasteiger partial charge >= 0.3 is 0 Å². The van der Waals surface area contributed by atoms with Gasteiger partial charge in [-0.2, -0.15) is 15.0 Å². The minimum absolute atomic E-state index is 0. The molecule has 0 radical (unpaired) electrons. The molecule has 9 N–H and O–H groups in total. The average molecular weight is 417 g/mol. The smallest absolute Gasteiger partial charge is 0.232 e. The average Bonchev–Trinajstić information content (AvgIpc) is 2.60. The van der Waals surface area contributed by atoms with Gasteiger partial charge in [0.2, 0.25) is 17.8 Å². The van der Waals surface area contributed by atoms with Gasteiger partial charge in [0, 0.05) is 64.0 Å². The summed E-state index contributed by atoms with van der Waals surface area (Å²) >= 11 is 0. The molecule has 28 heavy (non-hydrogen) atoms. The van der Waals surface area contributed by atoms with E-state index in [9.17, 15) is 0 Å². The number of hydrogen-bond donors (Lipinski definition) is 5. The van der Waals surface area contributed by atoms with Crippen LogP contribution < -0.4 is 38.1 Å². The molecule has 2 aliphatic heterocycles. The van der Waals surface area contributed by atoms with Crippen molar-refractivity contribution in [1.82, 2.24) is 15.0 Å². The predicted molar refractivity (Wildman–Crippen MR) is 113 cm³/mol. The fraction of sp³-hybridized carbons (Fsp3) is 0.812. The Hall–Kier alpha value is -1.50. The summed E-state index contributed by atoms with van der Waals surface area (Å²) in [6.07, 6.45) is 1.59. The summed E-state index contributed by atoms with van der Waals surface area (Å²) in [5.74, 6) is 1.63. The lowest BCUT2D eigenvalue weighted by atomic mass is 10.0. The van der Waals surface area contributed by atoms with Crippen LogP contribution >= 0.6 is 12.4 Å². The Bertz CT molecular complexity index is 559. The molecule has 0 aliphatic carbocycles. The summed E-state index contributed by atoms with van der Waals surface area (Å²) in [5.41, 5.74) is 24.6. The minimum atomic E-state index is -0.00398. The summed E-state index contributed by atoms with van der Waals surface area (Å²) in [6.45, 7) is 3.79. The van der Waals surface area contributed by atoms with Crippen molar-refractivity contribution < 1.29 is 4.74 Å². The number of rotatable bonds is 6. The van der Waals surface area contributed by atoms with E-state index >= 15 is 0 Å². The Morgan fingerprint density at radius 2 is 1.29 bits per heavy atom. The third-order valence-corrected chi connectivity index (χ3v) is 4.80. The third-order valence-electron chi connectivity index (χ3n) is 4.80. The van der Waals surface area contributed by atoms with Gasteiger partial charge in [-0.05, 0) is 12.8 Å². The van der Waals surface area contributed by atoms with Gasteiger partial charge in [0.15, 0.2) is 0 Å². The molecular weight excluding hydrogens is 384 g/mol. The SMILES string of the molecule is COCCNc1nc(N2C[C@H](N)C[C@H](N)C2)nc(N2C[C@H](N)C[C@H](N)C2)n1.Cl. The van der Waals surface area contributed by atoms with Gasteiger partial charge in [0.05, 0.1) is 6.61 Å². The normalized spacial score (nSPS) is 28.0. The van der Waals surface area contributed by atoms with E-state index in [2.05, 4.69) is 20.3 Å². The highest BCUT2D eigenvalue weighted by molar-refractivity contribution is 5.85. The van der Waals surface area contributed by atoms with Crippen molar-refractivity contribution in [1.29, 1.82) is 0 Å². The van der Waals surface area contributed by atoms with Gasteiger partial charge in [-0.25, -0.2) is 0 Å². The van der Waals surface area contributed by atoms with E-state index in [4.69, 9.17) is 27.7 Å². The van der Waals surface area contributed by atoms with Crippen LogP contribution in [-0.2, 0) is 4.74 Å². The minimum Gasteiger partial charge on any atom is -0.383 e. The zero-order valence-electron chi connectivity index (χ0n) is 16.3. The Balaban J connectivity index is 0.00000280. The van der Waals surface area contributed by atoms with Crippen LogP contribution in [0.25, 0.3) is 0 Å². The molecule has 2 saturated heterocycles. The Morgan fingerprint density at radius 1 is 0.857 bits per heavy atom. The fourth-order valence-corrected chi connectivity index (χ4v) is 3.66. The van der Waals surface area contributed by atoms with Crippen LogP contribution in [0.15, 0.2) is 0 Å². The molecule has 2 aliphatic rings. The number of nitrogens with zero attached hydrogens (tertiary/aromatic N) is 5.